The molecule has 1 fully saturated rings. The quantitative estimate of drug-likeness (QED) is 0.270. The van der Waals surface area contributed by atoms with Gasteiger partial charge in [-0.1, -0.05) is 54.3 Å². The molecule has 7 nitrogen and oxygen atoms in total. The fourth-order valence-corrected chi connectivity index (χ4v) is 4.05. The maximum Gasteiger partial charge on any atom is 0.270 e. The number of hydrogen-bond donors (Lipinski definition) is 0. The number of thiocarbonyl (C=S) groups is 1. The molecule has 9 heteroatoms. The molecular formula is C20H14N4O3S2. The van der Waals surface area contributed by atoms with E-state index in [0.29, 0.717) is 26.0 Å². The van der Waals surface area contributed by atoms with Crippen LogP contribution in [0.3, 0.4) is 0 Å². The first-order valence-corrected chi connectivity index (χ1v) is 9.78. The van der Waals surface area contributed by atoms with E-state index in [1.807, 2.05) is 30.3 Å². The zero-order valence-corrected chi connectivity index (χ0v) is 16.8. The highest BCUT2D eigenvalue weighted by Crippen LogP contribution is 2.34. The van der Waals surface area contributed by atoms with Crippen LogP contribution < -0.4 is 0 Å². The van der Waals surface area contributed by atoms with Crippen LogP contribution in [0.2, 0.25) is 0 Å². The molecule has 4 rings (SSSR count). The molecule has 144 valence electrons. The topological polar surface area (TPSA) is 81.3 Å². The highest BCUT2D eigenvalue weighted by Gasteiger charge is 2.29. The molecule has 2 heterocycles. The molecule has 0 atom stereocenters. The van der Waals surface area contributed by atoms with Crippen LogP contribution in [-0.2, 0) is 4.79 Å². The van der Waals surface area contributed by atoms with Gasteiger partial charge in [0.25, 0.3) is 11.6 Å². The Morgan fingerprint density at radius 3 is 2.59 bits per heavy atom. The van der Waals surface area contributed by atoms with Gasteiger partial charge in [0.05, 0.1) is 15.5 Å². The fourth-order valence-electron chi connectivity index (χ4n) is 2.88. The molecule has 1 amide bonds. The SMILES string of the molecule is CN1C(=O)/C(=C/c2cn(-c3ccccc3)nc2-c2cccc([N+](=O)[O-])c2)SC1=S. The first-order chi connectivity index (χ1) is 13.9. The van der Waals surface area contributed by atoms with Crippen LogP contribution in [0.25, 0.3) is 23.0 Å². The number of nitrogens with zero attached hydrogens (tertiary/aromatic N) is 4. The summed E-state index contributed by atoms with van der Waals surface area (Å²) in [5.74, 6) is -0.183. The van der Waals surface area contributed by atoms with E-state index in [-0.39, 0.29) is 11.6 Å². The van der Waals surface area contributed by atoms with Crippen LogP contribution in [0.4, 0.5) is 5.69 Å². The molecule has 0 spiro atoms. The third-order valence-corrected chi connectivity index (χ3v) is 5.85. The molecule has 1 aliphatic heterocycles. The van der Waals surface area contributed by atoms with Crippen LogP contribution in [-0.4, -0.2) is 36.9 Å². The predicted molar refractivity (Wildman–Crippen MR) is 117 cm³/mol. The van der Waals surface area contributed by atoms with Crippen molar-refractivity contribution in [3.8, 4) is 16.9 Å². The molecule has 3 aromatic rings. The van der Waals surface area contributed by atoms with E-state index >= 15 is 0 Å². The minimum absolute atomic E-state index is 0.0254. The number of non-ortho nitro benzene ring substituents is 1. The van der Waals surface area contributed by atoms with Gasteiger partial charge in [-0.15, -0.1) is 0 Å². The monoisotopic (exact) mass is 422 g/mol. The van der Waals surface area contributed by atoms with Gasteiger partial charge in [0, 0.05) is 36.5 Å². The summed E-state index contributed by atoms with van der Waals surface area (Å²) in [6.07, 6.45) is 3.52. The number of hydrogen-bond acceptors (Lipinski definition) is 6. The molecule has 0 saturated carbocycles. The number of amides is 1. The lowest BCUT2D eigenvalue weighted by molar-refractivity contribution is -0.384. The van der Waals surface area contributed by atoms with Gasteiger partial charge in [-0.05, 0) is 18.2 Å². The number of likely N-dealkylation sites (N-methyl/N-ethyl adjacent to an activating group) is 1. The average molecular weight is 422 g/mol. The number of para-hydroxylation sites is 1. The Kier molecular flexibility index (Phi) is 4.99. The van der Waals surface area contributed by atoms with Crippen LogP contribution in [0.5, 0.6) is 0 Å². The second kappa shape index (κ2) is 7.61. The Balaban J connectivity index is 1.87. The van der Waals surface area contributed by atoms with Crippen molar-refractivity contribution in [2.24, 2.45) is 0 Å². The van der Waals surface area contributed by atoms with Gasteiger partial charge in [-0.2, -0.15) is 5.10 Å². The largest absolute Gasteiger partial charge is 0.296 e. The predicted octanol–water partition coefficient (Wildman–Crippen LogP) is 4.28. The minimum Gasteiger partial charge on any atom is -0.296 e. The standard InChI is InChI=1S/C20H14N4O3S2/c1-22-19(25)17(29-20(22)28)11-14-12-23(15-7-3-2-4-8-15)21-18(14)13-6-5-9-16(10-13)24(26)27/h2-12H,1H3/b17-11-. The number of carbonyl (C=O) groups excluding carboxylic acids is 1. The summed E-state index contributed by atoms with van der Waals surface area (Å²) in [4.78, 5) is 25.1. The van der Waals surface area contributed by atoms with Crippen molar-refractivity contribution in [3.63, 3.8) is 0 Å². The number of carbonyl (C=O) groups is 1. The van der Waals surface area contributed by atoms with Crippen LogP contribution in [0.15, 0.2) is 65.7 Å². The van der Waals surface area contributed by atoms with E-state index in [4.69, 9.17) is 12.2 Å². The lowest BCUT2D eigenvalue weighted by Crippen LogP contribution is -2.22. The number of nitro groups is 1. The third-order valence-electron chi connectivity index (χ3n) is 4.37. The Bertz CT molecular complexity index is 1170. The first kappa shape index (κ1) is 19.0. The summed E-state index contributed by atoms with van der Waals surface area (Å²) < 4.78 is 2.17. The molecule has 0 aliphatic carbocycles. The lowest BCUT2D eigenvalue weighted by Gasteiger charge is -2.03. The lowest BCUT2D eigenvalue weighted by atomic mass is 10.1. The molecule has 0 unspecified atom stereocenters. The zero-order chi connectivity index (χ0) is 20.5. The van der Waals surface area contributed by atoms with Crippen molar-refractivity contribution in [3.05, 3.63) is 81.4 Å². The number of thioether (sulfide) groups is 1. The molecule has 1 saturated heterocycles. The number of nitro benzene ring substituents is 1. The maximum absolute atomic E-state index is 12.4. The third kappa shape index (κ3) is 3.69. The van der Waals surface area contributed by atoms with Gasteiger partial charge in [-0.3, -0.25) is 19.8 Å². The number of rotatable bonds is 4. The second-order valence-corrected chi connectivity index (χ2v) is 7.94. The summed E-state index contributed by atoms with van der Waals surface area (Å²) in [6, 6.07) is 15.8. The molecule has 0 radical (unpaired) electrons. The average Bonchev–Trinajstić information content (AvgIpc) is 3.26. The summed E-state index contributed by atoms with van der Waals surface area (Å²) in [5, 5.41) is 15.8. The summed E-state index contributed by atoms with van der Waals surface area (Å²) in [6.45, 7) is 0. The van der Waals surface area contributed by atoms with Gasteiger partial charge >= 0.3 is 0 Å². The van der Waals surface area contributed by atoms with Gasteiger partial charge in [-0.25, -0.2) is 4.68 Å². The van der Waals surface area contributed by atoms with E-state index in [2.05, 4.69) is 5.10 Å². The zero-order valence-electron chi connectivity index (χ0n) is 15.2. The first-order valence-electron chi connectivity index (χ1n) is 8.55. The minimum atomic E-state index is -0.445. The van der Waals surface area contributed by atoms with Crippen molar-refractivity contribution < 1.29 is 9.72 Å². The van der Waals surface area contributed by atoms with E-state index < -0.39 is 4.92 Å². The van der Waals surface area contributed by atoms with Gasteiger partial charge in [0.2, 0.25) is 0 Å². The highest BCUT2D eigenvalue weighted by atomic mass is 32.2. The number of benzene rings is 2. The fraction of sp³-hybridized carbons (Fsp3) is 0.0500. The summed E-state index contributed by atoms with van der Waals surface area (Å²) >= 11 is 6.41. The van der Waals surface area contributed by atoms with E-state index in [1.54, 1.807) is 36.1 Å². The molecule has 2 aromatic carbocycles. The molecule has 0 bridgehead atoms. The molecule has 1 aromatic heterocycles. The Morgan fingerprint density at radius 2 is 1.93 bits per heavy atom. The van der Waals surface area contributed by atoms with Crippen LogP contribution >= 0.6 is 24.0 Å². The Labute approximate surface area is 175 Å². The summed E-state index contributed by atoms with van der Waals surface area (Å²) in [7, 11) is 1.63. The molecule has 29 heavy (non-hydrogen) atoms. The highest BCUT2D eigenvalue weighted by molar-refractivity contribution is 8.26. The Hall–Kier alpha value is -3.30. The second-order valence-electron chi connectivity index (χ2n) is 6.26. The van der Waals surface area contributed by atoms with Crippen molar-refractivity contribution in [2.45, 2.75) is 0 Å². The van der Waals surface area contributed by atoms with Crippen molar-refractivity contribution >= 4 is 46.0 Å². The van der Waals surface area contributed by atoms with E-state index in [9.17, 15) is 14.9 Å². The molecule has 0 N–H and O–H groups in total. The summed E-state index contributed by atoms with van der Waals surface area (Å²) in [5.41, 5.74) is 2.61. The van der Waals surface area contributed by atoms with Gasteiger partial charge in [0.15, 0.2) is 0 Å². The maximum atomic E-state index is 12.4. The van der Waals surface area contributed by atoms with Crippen molar-refractivity contribution in [2.75, 3.05) is 7.05 Å². The smallest absolute Gasteiger partial charge is 0.270 e. The van der Waals surface area contributed by atoms with Crippen molar-refractivity contribution in [1.29, 1.82) is 0 Å². The number of aromatic nitrogens is 2. The normalized spacial score (nSPS) is 15.3. The molecule has 1 aliphatic rings. The molecular weight excluding hydrogens is 408 g/mol. The van der Waals surface area contributed by atoms with E-state index in [1.165, 1.54) is 28.8 Å². The Morgan fingerprint density at radius 1 is 1.17 bits per heavy atom. The van der Waals surface area contributed by atoms with Crippen molar-refractivity contribution in [1.82, 2.24) is 14.7 Å². The van der Waals surface area contributed by atoms with Crippen LogP contribution in [0, 0.1) is 10.1 Å². The van der Waals surface area contributed by atoms with E-state index in [0.717, 1.165) is 5.69 Å². The van der Waals surface area contributed by atoms with Crippen LogP contribution in [0.1, 0.15) is 5.56 Å². The van der Waals surface area contributed by atoms with Gasteiger partial charge < -0.3 is 0 Å². The van der Waals surface area contributed by atoms with Gasteiger partial charge in [0.1, 0.15) is 10.0 Å².